The fraction of sp³-hybridized carbons (Fsp3) is 0.176. The molecule has 0 spiro atoms. The summed E-state index contributed by atoms with van der Waals surface area (Å²) in [5.41, 5.74) is 1.14. The van der Waals surface area contributed by atoms with E-state index in [0.717, 1.165) is 0 Å². The first-order valence-electron chi connectivity index (χ1n) is 6.93. The Bertz CT molecular complexity index is 688. The number of para-hydroxylation sites is 1. The molecule has 0 heterocycles. The highest BCUT2D eigenvalue weighted by Gasteiger charge is 2.05. The second-order valence-electron chi connectivity index (χ2n) is 4.99. The fourth-order valence-corrected chi connectivity index (χ4v) is 1.81. The maximum atomic E-state index is 11.6. The van der Waals surface area contributed by atoms with E-state index < -0.39 is 0 Å². The molecule has 2 aromatic rings. The zero-order chi connectivity index (χ0) is 15.9. The quantitative estimate of drug-likeness (QED) is 0.898. The Labute approximate surface area is 129 Å². The van der Waals surface area contributed by atoms with Gasteiger partial charge in [0.25, 0.3) is 0 Å². The van der Waals surface area contributed by atoms with Crippen LogP contribution in [0.3, 0.4) is 0 Å². The molecule has 0 bridgehead atoms. The van der Waals surface area contributed by atoms with Gasteiger partial charge in [0, 0.05) is 11.7 Å². The van der Waals surface area contributed by atoms with Gasteiger partial charge in [-0.25, -0.2) is 4.79 Å². The van der Waals surface area contributed by atoms with Crippen LogP contribution < -0.4 is 15.4 Å². The van der Waals surface area contributed by atoms with E-state index in [1.54, 1.807) is 42.5 Å². The molecule has 2 N–H and O–H groups in total. The van der Waals surface area contributed by atoms with Gasteiger partial charge in [0.2, 0.25) is 0 Å². The van der Waals surface area contributed by atoms with E-state index in [2.05, 4.69) is 16.7 Å². The molecular formula is C17H17N3O2. The number of urea groups is 1. The van der Waals surface area contributed by atoms with Gasteiger partial charge in [0.1, 0.15) is 17.6 Å². The lowest BCUT2D eigenvalue weighted by atomic mass is 10.2. The van der Waals surface area contributed by atoms with Crippen LogP contribution in [-0.4, -0.2) is 12.1 Å². The van der Waals surface area contributed by atoms with Crippen LogP contribution in [0.4, 0.5) is 10.5 Å². The van der Waals surface area contributed by atoms with Crippen molar-refractivity contribution in [3.63, 3.8) is 0 Å². The smallest absolute Gasteiger partial charge is 0.319 e. The summed E-state index contributed by atoms with van der Waals surface area (Å²) in [6.07, 6.45) is 0. The van der Waals surface area contributed by atoms with Crippen LogP contribution in [0.5, 0.6) is 11.5 Å². The molecule has 0 aliphatic rings. The zero-order valence-electron chi connectivity index (χ0n) is 12.5. The van der Waals surface area contributed by atoms with Crippen molar-refractivity contribution in [1.29, 1.82) is 5.26 Å². The van der Waals surface area contributed by atoms with Crippen molar-refractivity contribution in [3.05, 3.63) is 54.1 Å². The van der Waals surface area contributed by atoms with Gasteiger partial charge in [-0.15, -0.1) is 0 Å². The Morgan fingerprint density at radius 2 is 1.82 bits per heavy atom. The van der Waals surface area contributed by atoms with Crippen molar-refractivity contribution in [1.82, 2.24) is 5.32 Å². The summed E-state index contributed by atoms with van der Waals surface area (Å²) < 4.78 is 5.67. The highest BCUT2D eigenvalue weighted by molar-refractivity contribution is 5.89. The van der Waals surface area contributed by atoms with E-state index in [4.69, 9.17) is 10.00 Å². The average molecular weight is 295 g/mol. The number of nitrogens with one attached hydrogen (secondary N) is 2. The topological polar surface area (TPSA) is 74.2 Å². The van der Waals surface area contributed by atoms with Gasteiger partial charge < -0.3 is 15.4 Å². The molecule has 2 aromatic carbocycles. The predicted octanol–water partition coefficient (Wildman–Crippen LogP) is 3.88. The van der Waals surface area contributed by atoms with Crippen LogP contribution in [0, 0.1) is 11.3 Å². The molecule has 0 fully saturated rings. The van der Waals surface area contributed by atoms with Crippen molar-refractivity contribution in [3.8, 4) is 17.6 Å². The van der Waals surface area contributed by atoms with E-state index in [1.165, 1.54) is 0 Å². The maximum Gasteiger partial charge on any atom is 0.319 e. The Kier molecular flexibility index (Phi) is 4.99. The molecule has 0 aliphatic carbocycles. The number of nitriles is 1. The molecule has 0 aromatic heterocycles. The van der Waals surface area contributed by atoms with Crippen molar-refractivity contribution in [2.24, 2.45) is 0 Å². The Hall–Kier alpha value is -3.00. The molecule has 0 unspecified atom stereocenters. The summed E-state index contributed by atoms with van der Waals surface area (Å²) in [5.74, 6) is 1.10. The van der Waals surface area contributed by atoms with E-state index in [-0.39, 0.29) is 12.1 Å². The Balaban J connectivity index is 2.03. The third-order valence-electron chi connectivity index (χ3n) is 2.77. The summed E-state index contributed by atoms with van der Waals surface area (Å²) >= 11 is 0. The van der Waals surface area contributed by atoms with Crippen molar-refractivity contribution >= 4 is 11.7 Å². The molecule has 0 aliphatic heterocycles. The third kappa shape index (κ3) is 4.25. The number of carbonyl (C=O) groups excluding carboxylic acids is 1. The molecule has 2 amide bonds. The maximum absolute atomic E-state index is 11.6. The van der Waals surface area contributed by atoms with E-state index >= 15 is 0 Å². The second-order valence-corrected chi connectivity index (χ2v) is 4.99. The SMILES string of the molecule is CC(C)NC(=O)Nc1ccc(Oc2ccccc2C#N)cc1. The van der Waals surface area contributed by atoms with Crippen LogP contribution in [0.1, 0.15) is 19.4 Å². The van der Waals surface area contributed by atoms with Crippen LogP contribution in [-0.2, 0) is 0 Å². The van der Waals surface area contributed by atoms with Gasteiger partial charge in [-0.3, -0.25) is 0 Å². The molecule has 5 heteroatoms. The average Bonchev–Trinajstić information content (AvgIpc) is 2.49. The number of hydrogen-bond acceptors (Lipinski definition) is 3. The number of ether oxygens (including phenoxy) is 1. The molecule has 0 saturated heterocycles. The zero-order valence-corrected chi connectivity index (χ0v) is 12.5. The summed E-state index contributed by atoms with van der Waals surface area (Å²) in [7, 11) is 0. The number of benzene rings is 2. The van der Waals surface area contributed by atoms with E-state index in [0.29, 0.717) is 22.7 Å². The summed E-state index contributed by atoms with van der Waals surface area (Å²) in [4.78, 5) is 11.6. The standard InChI is InChI=1S/C17H17N3O2/c1-12(2)19-17(21)20-14-7-9-15(10-8-14)22-16-6-4-3-5-13(16)11-18/h3-10,12H,1-2H3,(H2,19,20,21). The molecular weight excluding hydrogens is 278 g/mol. The lowest BCUT2D eigenvalue weighted by Crippen LogP contribution is -2.34. The summed E-state index contributed by atoms with van der Waals surface area (Å²) in [6.45, 7) is 3.78. The number of carbonyl (C=O) groups is 1. The van der Waals surface area contributed by atoms with Crippen LogP contribution in [0.15, 0.2) is 48.5 Å². The molecule has 0 radical (unpaired) electrons. The van der Waals surface area contributed by atoms with Gasteiger partial charge >= 0.3 is 6.03 Å². The minimum absolute atomic E-state index is 0.0742. The lowest BCUT2D eigenvalue weighted by molar-refractivity contribution is 0.250. The van der Waals surface area contributed by atoms with Crippen LogP contribution in [0.2, 0.25) is 0 Å². The van der Waals surface area contributed by atoms with Crippen molar-refractivity contribution in [2.45, 2.75) is 19.9 Å². The number of nitrogens with zero attached hydrogens (tertiary/aromatic N) is 1. The molecule has 0 atom stereocenters. The monoisotopic (exact) mass is 295 g/mol. The third-order valence-corrected chi connectivity index (χ3v) is 2.77. The van der Waals surface area contributed by atoms with Gasteiger partial charge in [-0.2, -0.15) is 5.26 Å². The van der Waals surface area contributed by atoms with Gasteiger partial charge in [-0.05, 0) is 50.2 Å². The molecule has 112 valence electrons. The number of amides is 2. The van der Waals surface area contributed by atoms with Gasteiger partial charge in [0.05, 0.1) is 5.56 Å². The highest BCUT2D eigenvalue weighted by Crippen LogP contribution is 2.25. The normalized spacial score (nSPS) is 9.91. The minimum Gasteiger partial charge on any atom is -0.456 e. The first kappa shape index (κ1) is 15.4. The van der Waals surface area contributed by atoms with Crippen molar-refractivity contribution in [2.75, 3.05) is 5.32 Å². The summed E-state index contributed by atoms with van der Waals surface area (Å²) in [5, 5.41) is 14.5. The minimum atomic E-state index is -0.251. The molecule has 22 heavy (non-hydrogen) atoms. The lowest BCUT2D eigenvalue weighted by Gasteiger charge is -2.11. The van der Waals surface area contributed by atoms with Crippen LogP contribution >= 0.6 is 0 Å². The van der Waals surface area contributed by atoms with Crippen molar-refractivity contribution < 1.29 is 9.53 Å². The molecule has 5 nitrogen and oxygen atoms in total. The van der Waals surface area contributed by atoms with Gasteiger partial charge in [-0.1, -0.05) is 12.1 Å². The first-order chi connectivity index (χ1) is 10.6. The predicted molar refractivity (Wildman–Crippen MR) is 85.0 cm³/mol. The molecule has 0 saturated carbocycles. The highest BCUT2D eigenvalue weighted by atomic mass is 16.5. The van der Waals surface area contributed by atoms with E-state index in [9.17, 15) is 4.79 Å². The number of rotatable bonds is 4. The largest absolute Gasteiger partial charge is 0.456 e. The van der Waals surface area contributed by atoms with Crippen LogP contribution in [0.25, 0.3) is 0 Å². The Morgan fingerprint density at radius 3 is 2.45 bits per heavy atom. The second kappa shape index (κ2) is 7.14. The molecule has 2 rings (SSSR count). The first-order valence-corrected chi connectivity index (χ1v) is 6.93. The summed E-state index contributed by atoms with van der Waals surface area (Å²) in [6, 6.07) is 15.9. The number of anilines is 1. The number of hydrogen-bond donors (Lipinski definition) is 2. The van der Waals surface area contributed by atoms with Gasteiger partial charge in [0.15, 0.2) is 0 Å². The Morgan fingerprint density at radius 1 is 1.14 bits per heavy atom. The van der Waals surface area contributed by atoms with E-state index in [1.807, 2.05) is 19.9 Å². The fourth-order valence-electron chi connectivity index (χ4n) is 1.81.